The molecular weight excluding hydrogens is 356 g/mol. The van der Waals surface area contributed by atoms with Crippen LogP contribution in [-0.4, -0.2) is 97.1 Å². The molecule has 0 bridgehead atoms. The third kappa shape index (κ3) is 4.47. The third-order valence-electron chi connectivity index (χ3n) is 5.00. The minimum atomic E-state index is -0.412. The van der Waals surface area contributed by atoms with Gasteiger partial charge in [0.1, 0.15) is 0 Å². The lowest BCUT2D eigenvalue weighted by Gasteiger charge is -2.38. The Balaban J connectivity index is 1.50. The first-order chi connectivity index (χ1) is 12.6. The first kappa shape index (κ1) is 18.9. The number of hydrogen-bond donors (Lipinski definition) is 1. The normalized spacial score (nSPS) is 18.9. The summed E-state index contributed by atoms with van der Waals surface area (Å²) in [5.41, 5.74) is 1.04. The molecule has 2 amide bonds. The number of nitrogens with zero attached hydrogens (tertiary/aromatic N) is 4. The van der Waals surface area contributed by atoms with Gasteiger partial charge in [-0.1, -0.05) is 17.7 Å². The maximum Gasteiger partial charge on any atom is 0.312 e. The van der Waals surface area contributed by atoms with Gasteiger partial charge in [0.2, 0.25) is 0 Å². The van der Waals surface area contributed by atoms with Gasteiger partial charge in [-0.25, -0.2) is 0 Å². The van der Waals surface area contributed by atoms with Crippen molar-refractivity contribution in [2.75, 3.05) is 70.4 Å². The van der Waals surface area contributed by atoms with Gasteiger partial charge in [-0.2, -0.15) is 0 Å². The molecule has 0 radical (unpaired) electrons. The largest absolute Gasteiger partial charge is 0.395 e. The van der Waals surface area contributed by atoms with E-state index in [1.165, 1.54) is 0 Å². The van der Waals surface area contributed by atoms with Gasteiger partial charge in [-0.15, -0.1) is 0 Å². The maximum absolute atomic E-state index is 12.5. The molecule has 2 saturated heterocycles. The van der Waals surface area contributed by atoms with Crippen LogP contribution in [0.3, 0.4) is 0 Å². The molecule has 26 heavy (non-hydrogen) atoms. The highest BCUT2D eigenvalue weighted by Gasteiger charge is 2.31. The van der Waals surface area contributed by atoms with Crippen molar-refractivity contribution >= 4 is 29.1 Å². The van der Waals surface area contributed by atoms with Crippen molar-refractivity contribution in [3.63, 3.8) is 0 Å². The molecule has 2 aliphatic heterocycles. The van der Waals surface area contributed by atoms with Gasteiger partial charge < -0.3 is 19.8 Å². The fourth-order valence-electron chi connectivity index (χ4n) is 3.43. The van der Waals surface area contributed by atoms with E-state index in [1.807, 2.05) is 24.3 Å². The number of carbonyl (C=O) groups excluding carboxylic acids is 2. The van der Waals surface area contributed by atoms with Crippen molar-refractivity contribution in [1.29, 1.82) is 0 Å². The Kier molecular flexibility index (Phi) is 6.34. The number of amides is 2. The van der Waals surface area contributed by atoms with E-state index in [4.69, 9.17) is 16.7 Å². The van der Waals surface area contributed by atoms with E-state index in [1.54, 1.807) is 9.80 Å². The Morgan fingerprint density at radius 1 is 0.923 bits per heavy atom. The molecule has 2 heterocycles. The SMILES string of the molecule is O=C(C(=O)N1CCN(c2cccc(Cl)c2)CC1)N1CCN(CCO)CC1. The highest BCUT2D eigenvalue weighted by Crippen LogP contribution is 2.21. The number of rotatable bonds is 3. The molecule has 0 unspecified atom stereocenters. The fourth-order valence-corrected chi connectivity index (χ4v) is 3.61. The van der Waals surface area contributed by atoms with E-state index in [-0.39, 0.29) is 6.61 Å². The summed E-state index contributed by atoms with van der Waals surface area (Å²) in [7, 11) is 0. The Labute approximate surface area is 158 Å². The Morgan fingerprint density at radius 3 is 2.04 bits per heavy atom. The third-order valence-corrected chi connectivity index (χ3v) is 5.23. The smallest absolute Gasteiger partial charge is 0.312 e. The lowest BCUT2D eigenvalue weighted by atomic mass is 10.2. The maximum atomic E-state index is 12.5. The monoisotopic (exact) mass is 380 g/mol. The van der Waals surface area contributed by atoms with E-state index >= 15 is 0 Å². The highest BCUT2D eigenvalue weighted by molar-refractivity contribution is 6.35. The van der Waals surface area contributed by atoms with Gasteiger partial charge >= 0.3 is 11.8 Å². The fraction of sp³-hybridized carbons (Fsp3) is 0.556. The number of carbonyl (C=O) groups is 2. The van der Waals surface area contributed by atoms with Crippen molar-refractivity contribution in [3.05, 3.63) is 29.3 Å². The molecule has 3 rings (SSSR count). The first-order valence-corrected chi connectivity index (χ1v) is 9.38. The molecule has 0 aromatic heterocycles. The molecule has 142 valence electrons. The zero-order valence-electron chi connectivity index (χ0n) is 14.8. The standard InChI is InChI=1S/C18H25ClN4O3/c19-15-2-1-3-16(14-15)21-8-10-23(11-9-21)18(26)17(25)22-6-4-20(5-7-22)12-13-24/h1-3,14,24H,4-13H2. The molecule has 7 nitrogen and oxygen atoms in total. The molecule has 0 spiro atoms. The minimum absolute atomic E-state index is 0.115. The summed E-state index contributed by atoms with van der Waals surface area (Å²) in [6.07, 6.45) is 0. The second-order valence-electron chi connectivity index (χ2n) is 6.62. The number of aliphatic hydroxyl groups is 1. The Hall–Kier alpha value is -1.83. The van der Waals surface area contributed by atoms with Crippen LogP contribution >= 0.6 is 11.6 Å². The molecule has 8 heteroatoms. The van der Waals surface area contributed by atoms with E-state index in [0.29, 0.717) is 63.9 Å². The average Bonchev–Trinajstić information content (AvgIpc) is 2.68. The second-order valence-corrected chi connectivity index (χ2v) is 7.05. The summed E-state index contributed by atoms with van der Waals surface area (Å²) in [4.78, 5) is 32.6. The highest BCUT2D eigenvalue weighted by atomic mass is 35.5. The lowest BCUT2D eigenvalue weighted by molar-refractivity contribution is -0.153. The van der Waals surface area contributed by atoms with Crippen LogP contribution in [0.5, 0.6) is 0 Å². The topological polar surface area (TPSA) is 67.3 Å². The van der Waals surface area contributed by atoms with Crippen molar-refractivity contribution in [2.45, 2.75) is 0 Å². The number of halogens is 1. The molecule has 0 atom stereocenters. The van der Waals surface area contributed by atoms with Crippen molar-refractivity contribution in [1.82, 2.24) is 14.7 Å². The van der Waals surface area contributed by atoms with Crippen LogP contribution in [0.15, 0.2) is 24.3 Å². The molecule has 1 N–H and O–H groups in total. The Morgan fingerprint density at radius 2 is 1.50 bits per heavy atom. The summed E-state index contributed by atoms with van der Waals surface area (Å²) in [6.45, 7) is 5.62. The summed E-state index contributed by atoms with van der Waals surface area (Å²) in [6, 6.07) is 7.66. The first-order valence-electron chi connectivity index (χ1n) is 9.00. The van der Waals surface area contributed by atoms with Crippen molar-refractivity contribution in [3.8, 4) is 0 Å². The van der Waals surface area contributed by atoms with Gasteiger partial charge in [0.05, 0.1) is 6.61 Å². The number of piperazine rings is 2. The molecule has 0 saturated carbocycles. The molecule has 1 aromatic carbocycles. The van der Waals surface area contributed by atoms with Gasteiger partial charge in [-0.3, -0.25) is 14.5 Å². The van der Waals surface area contributed by atoms with Gasteiger partial charge in [-0.05, 0) is 18.2 Å². The van der Waals surface area contributed by atoms with E-state index < -0.39 is 11.8 Å². The van der Waals surface area contributed by atoms with Gasteiger partial charge in [0, 0.05) is 69.6 Å². The van der Waals surface area contributed by atoms with Crippen LogP contribution < -0.4 is 4.90 Å². The van der Waals surface area contributed by atoms with E-state index in [0.717, 1.165) is 5.69 Å². The summed E-state index contributed by atoms with van der Waals surface area (Å²) in [5, 5.41) is 9.67. The van der Waals surface area contributed by atoms with Gasteiger partial charge in [0.15, 0.2) is 0 Å². The van der Waals surface area contributed by atoms with Crippen LogP contribution in [0, 0.1) is 0 Å². The zero-order valence-corrected chi connectivity index (χ0v) is 15.6. The minimum Gasteiger partial charge on any atom is -0.395 e. The van der Waals surface area contributed by atoms with Crippen LogP contribution in [-0.2, 0) is 9.59 Å². The average molecular weight is 381 g/mol. The van der Waals surface area contributed by atoms with E-state index in [9.17, 15) is 9.59 Å². The number of anilines is 1. The summed E-state index contributed by atoms with van der Waals surface area (Å²) >= 11 is 6.04. The summed E-state index contributed by atoms with van der Waals surface area (Å²) in [5.74, 6) is -0.823. The van der Waals surface area contributed by atoms with Crippen molar-refractivity contribution in [2.24, 2.45) is 0 Å². The molecule has 2 aliphatic rings. The number of benzene rings is 1. The van der Waals surface area contributed by atoms with E-state index in [2.05, 4.69) is 9.80 Å². The molecule has 1 aromatic rings. The molecular formula is C18H25ClN4O3. The predicted octanol–water partition coefficient (Wildman–Crippen LogP) is 0.125. The predicted molar refractivity (Wildman–Crippen MR) is 100 cm³/mol. The van der Waals surface area contributed by atoms with Crippen molar-refractivity contribution < 1.29 is 14.7 Å². The lowest BCUT2D eigenvalue weighted by Crippen LogP contribution is -2.56. The molecule has 0 aliphatic carbocycles. The quantitative estimate of drug-likeness (QED) is 0.755. The number of hydrogen-bond acceptors (Lipinski definition) is 5. The Bertz CT molecular complexity index is 641. The second kappa shape index (κ2) is 8.70. The van der Waals surface area contributed by atoms with Crippen LogP contribution in [0.2, 0.25) is 5.02 Å². The number of β-amino-alcohol motifs (C(OH)–C–C–N with tert-alkyl or cyclic N) is 1. The van der Waals surface area contributed by atoms with Crippen LogP contribution in [0.4, 0.5) is 5.69 Å². The summed E-state index contributed by atoms with van der Waals surface area (Å²) < 4.78 is 0. The zero-order chi connectivity index (χ0) is 18.5. The molecule has 2 fully saturated rings. The number of aliphatic hydroxyl groups excluding tert-OH is 1. The van der Waals surface area contributed by atoms with Crippen LogP contribution in [0.25, 0.3) is 0 Å². The van der Waals surface area contributed by atoms with Crippen LogP contribution in [0.1, 0.15) is 0 Å². The van der Waals surface area contributed by atoms with Gasteiger partial charge in [0.25, 0.3) is 0 Å².